The number of fused-ring (bicyclic) bond motifs is 1. The molecule has 1 N–H and O–H groups in total. The van der Waals surface area contributed by atoms with Gasteiger partial charge in [-0.15, -0.1) is 11.3 Å². The van der Waals surface area contributed by atoms with E-state index in [1.165, 1.54) is 38.5 Å². The van der Waals surface area contributed by atoms with Crippen LogP contribution in [0.1, 0.15) is 44.3 Å². The molecule has 1 aliphatic carbocycles. The molecule has 2 aromatic heterocycles. The maximum absolute atomic E-state index is 6.03. The van der Waals surface area contributed by atoms with Gasteiger partial charge >= 0.3 is 0 Å². The second-order valence-electron chi connectivity index (χ2n) is 5.30. The van der Waals surface area contributed by atoms with E-state index < -0.39 is 0 Å². The molecule has 0 amide bonds. The SMILES string of the molecule is CNc1nc(COC2CCCCCC2)nc2sccc12. The molecular formula is C15H21N3OS. The summed E-state index contributed by atoms with van der Waals surface area (Å²) in [6, 6.07) is 2.06. The maximum atomic E-state index is 6.03. The first-order valence-electron chi connectivity index (χ1n) is 7.40. The van der Waals surface area contributed by atoms with Crippen molar-refractivity contribution >= 4 is 27.4 Å². The number of thiophene rings is 1. The lowest BCUT2D eigenvalue weighted by Crippen LogP contribution is -2.13. The third-order valence-electron chi connectivity index (χ3n) is 3.86. The first-order chi connectivity index (χ1) is 9.86. The normalized spacial score (nSPS) is 17.2. The lowest BCUT2D eigenvalue weighted by molar-refractivity contribution is 0.0275. The van der Waals surface area contributed by atoms with Crippen LogP contribution in [0.5, 0.6) is 0 Å². The molecule has 0 spiro atoms. The molecule has 1 aliphatic rings. The zero-order chi connectivity index (χ0) is 13.8. The van der Waals surface area contributed by atoms with E-state index in [4.69, 9.17) is 4.74 Å². The van der Waals surface area contributed by atoms with Crippen molar-refractivity contribution in [2.45, 2.75) is 51.2 Å². The minimum Gasteiger partial charge on any atom is -0.372 e. The molecule has 5 heteroatoms. The van der Waals surface area contributed by atoms with E-state index in [1.807, 2.05) is 7.05 Å². The highest BCUT2D eigenvalue weighted by Gasteiger charge is 2.14. The number of nitrogens with one attached hydrogen (secondary N) is 1. The summed E-state index contributed by atoms with van der Waals surface area (Å²) in [5.41, 5.74) is 0. The molecule has 0 aromatic carbocycles. The Balaban J connectivity index is 1.70. The van der Waals surface area contributed by atoms with Crippen LogP contribution in [0.4, 0.5) is 5.82 Å². The number of nitrogens with zero attached hydrogens (tertiary/aromatic N) is 2. The minimum atomic E-state index is 0.387. The van der Waals surface area contributed by atoms with E-state index in [0.717, 1.165) is 21.9 Å². The first-order valence-corrected chi connectivity index (χ1v) is 8.28. The fraction of sp³-hybridized carbons (Fsp3) is 0.600. The summed E-state index contributed by atoms with van der Waals surface area (Å²) in [5.74, 6) is 1.68. The lowest BCUT2D eigenvalue weighted by Gasteiger charge is -2.15. The van der Waals surface area contributed by atoms with Crippen LogP contribution in [0.25, 0.3) is 10.2 Å². The Hall–Kier alpha value is -1.20. The molecule has 1 fully saturated rings. The molecule has 0 radical (unpaired) electrons. The van der Waals surface area contributed by atoms with Gasteiger partial charge in [-0.05, 0) is 24.3 Å². The van der Waals surface area contributed by atoms with Gasteiger partial charge < -0.3 is 10.1 Å². The summed E-state index contributed by atoms with van der Waals surface area (Å²) in [7, 11) is 1.90. The number of anilines is 1. The molecule has 2 aromatic rings. The molecule has 20 heavy (non-hydrogen) atoms. The van der Waals surface area contributed by atoms with E-state index in [9.17, 15) is 0 Å². The van der Waals surface area contributed by atoms with Gasteiger partial charge in [-0.25, -0.2) is 9.97 Å². The van der Waals surface area contributed by atoms with Crippen LogP contribution in [-0.4, -0.2) is 23.1 Å². The van der Waals surface area contributed by atoms with Crippen molar-refractivity contribution in [3.63, 3.8) is 0 Å². The molecule has 2 heterocycles. The van der Waals surface area contributed by atoms with Gasteiger partial charge in [0.1, 0.15) is 17.3 Å². The smallest absolute Gasteiger partial charge is 0.158 e. The Morgan fingerprint density at radius 2 is 2.05 bits per heavy atom. The molecule has 4 nitrogen and oxygen atoms in total. The summed E-state index contributed by atoms with van der Waals surface area (Å²) in [6.45, 7) is 0.521. The predicted octanol–water partition coefficient (Wildman–Crippen LogP) is 3.97. The largest absolute Gasteiger partial charge is 0.372 e. The van der Waals surface area contributed by atoms with Gasteiger partial charge in [-0.1, -0.05) is 25.7 Å². The van der Waals surface area contributed by atoms with E-state index >= 15 is 0 Å². The summed E-state index contributed by atoms with van der Waals surface area (Å²) in [4.78, 5) is 10.2. The lowest BCUT2D eigenvalue weighted by atomic mass is 10.1. The topological polar surface area (TPSA) is 47.0 Å². The van der Waals surface area contributed by atoms with Crippen molar-refractivity contribution in [2.75, 3.05) is 12.4 Å². The van der Waals surface area contributed by atoms with Crippen LogP contribution < -0.4 is 5.32 Å². The summed E-state index contributed by atoms with van der Waals surface area (Å²) < 4.78 is 6.03. The number of ether oxygens (including phenoxy) is 1. The molecule has 1 saturated carbocycles. The molecule has 0 saturated heterocycles. The Bertz CT molecular complexity index is 561. The number of hydrogen-bond acceptors (Lipinski definition) is 5. The Morgan fingerprint density at radius 1 is 1.25 bits per heavy atom. The van der Waals surface area contributed by atoms with Crippen molar-refractivity contribution in [1.82, 2.24) is 9.97 Å². The van der Waals surface area contributed by atoms with Gasteiger partial charge in [0.15, 0.2) is 5.82 Å². The fourth-order valence-electron chi connectivity index (χ4n) is 2.76. The monoisotopic (exact) mass is 291 g/mol. The highest BCUT2D eigenvalue weighted by atomic mass is 32.1. The Labute approximate surface area is 123 Å². The second-order valence-corrected chi connectivity index (χ2v) is 6.20. The average Bonchev–Trinajstić information content (AvgIpc) is 2.79. The van der Waals surface area contributed by atoms with Gasteiger partial charge in [0.05, 0.1) is 11.5 Å². The van der Waals surface area contributed by atoms with Crippen LogP contribution >= 0.6 is 11.3 Å². The molecule has 0 atom stereocenters. The van der Waals surface area contributed by atoms with Crippen LogP contribution in [0.3, 0.4) is 0 Å². The molecule has 0 unspecified atom stereocenters. The van der Waals surface area contributed by atoms with Crippen molar-refractivity contribution in [2.24, 2.45) is 0 Å². The summed E-state index contributed by atoms with van der Waals surface area (Å²) in [5, 5.41) is 6.29. The highest BCUT2D eigenvalue weighted by molar-refractivity contribution is 7.16. The molecule has 0 aliphatic heterocycles. The predicted molar refractivity (Wildman–Crippen MR) is 83.2 cm³/mol. The molecule has 108 valence electrons. The minimum absolute atomic E-state index is 0.387. The van der Waals surface area contributed by atoms with Crippen LogP contribution in [0.15, 0.2) is 11.4 Å². The maximum Gasteiger partial charge on any atom is 0.158 e. The van der Waals surface area contributed by atoms with Crippen molar-refractivity contribution < 1.29 is 4.74 Å². The van der Waals surface area contributed by atoms with E-state index in [1.54, 1.807) is 11.3 Å². The number of rotatable bonds is 4. The zero-order valence-electron chi connectivity index (χ0n) is 11.9. The Morgan fingerprint density at radius 3 is 2.80 bits per heavy atom. The summed E-state index contributed by atoms with van der Waals surface area (Å²) >= 11 is 1.65. The number of hydrogen-bond donors (Lipinski definition) is 1. The highest BCUT2D eigenvalue weighted by Crippen LogP contribution is 2.25. The van der Waals surface area contributed by atoms with Crippen molar-refractivity contribution in [3.8, 4) is 0 Å². The van der Waals surface area contributed by atoms with Gasteiger partial charge in [-0.3, -0.25) is 0 Å². The van der Waals surface area contributed by atoms with Gasteiger partial charge in [0.25, 0.3) is 0 Å². The van der Waals surface area contributed by atoms with Crippen molar-refractivity contribution in [1.29, 1.82) is 0 Å². The van der Waals surface area contributed by atoms with E-state index in [0.29, 0.717) is 12.7 Å². The van der Waals surface area contributed by atoms with Crippen molar-refractivity contribution in [3.05, 3.63) is 17.3 Å². The molecule has 3 rings (SSSR count). The first kappa shape index (κ1) is 13.8. The van der Waals surface area contributed by atoms with Crippen LogP contribution in [0, 0.1) is 0 Å². The summed E-state index contributed by atoms with van der Waals surface area (Å²) in [6.07, 6.45) is 8.02. The molecule has 0 bridgehead atoms. The van der Waals surface area contributed by atoms with E-state index in [-0.39, 0.29) is 0 Å². The van der Waals surface area contributed by atoms with Gasteiger partial charge in [0.2, 0.25) is 0 Å². The third kappa shape index (κ3) is 3.10. The second kappa shape index (κ2) is 6.50. The van der Waals surface area contributed by atoms with Crippen LogP contribution in [0.2, 0.25) is 0 Å². The molecular weight excluding hydrogens is 270 g/mol. The average molecular weight is 291 g/mol. The van der Waals surface area contributed by atoms with E-state index in [2.05, 4.69) is 26.7 Å². The quantitative estimate of drug-likeness (QED) is 0.866. The fourth-order valence-corrected chi connectivity index (χ4v) is 3.54. The third-order valence-corrected chi connectivity index (χ3v) is 4.67. The Kier molecular flexibility index (Phi) is 4.47. The number of aromatic nitrogens is 2. The standard InChI is InChI=1S/C15H21N3OS/c1-16-14-12-8-9-20-15(12)18-13(17-14)10-19-11-6-4-2-3-5-7-11/h8-9,11H,2-7,10H2,1H3,(H,16,17,18). The van der Waals surface area contributed by atoms with Gasteiger partial charge in [0, 0.05) is 7.05 Å². The van der Waals surface area contributed by atoms with Crippen LogP contribution in [-0.2, 0) is 11.3 Å². The zero-order valence-corrected chi connectivity index (χ0v) is 12.7. The van der Waals surface area contributed by atoms with Gasteiger partial charge in [-0.2, -0.15) is 0 Å².